The summed E-state index contributed by atoms with van der Waals surface area (Å²) in [5.41, 5.74) is 0. The van der Waals surface area contributed by atoms with Crippen molar-refractivity contribution in [1.82, 2.24) is 21.3 Å². The van der Waals surface area contributed by atoms with Crippen LogP contribution in [-0.4, -0.2) is 63.8 Å². The Morgan fingerprint density at radius 2 is 1.59 bits per heavy atom. The molecule has 0 saturated carbocycles. The molecule has 4 N–H and O–H groups in total. The van der Waals surface area contributed by atoms with Crippen LogP contribution in [0.15, 0.2) is 0 Å². The zero-order valence-corrected chi connectivity index (χ0v) is 14.3. The third-order valence-electron chi connectivity index (χ3n) is 2.78. The van der Waals surface area contributed by atoms with Crippen molar-refractivity contribution in [2.24, 2.45) is 5.92 Å². The van der Waals surface area contributed by atoms with Crippen LogP contribution < -0.4 is 21.3 Å². The standard InChI is InChI=1S/C15H32N4O3/c1-12(2)15(21)19-8-10-22-9-7-16-11-14(20)18-6-5-17-13(3)4/h12-13,16-17H,5-11H2,1-4H3,(H,18,20)(H,19,21). The smallest absolute Gasteiger partial charge is 0.234 e. The molecular formula is C15H32N4O3. The van der Waals surface area contributed by atoms with Crippen LogP contribution in [0.25, 0.3) is 0 Å². The van der Waals surface area contributed by atoms with Crippen molar-refractivity contribution in [3.8, 4) is 0 Å². The average molecular weight is 316 g/mol. The molecule has 0 radical (unpaired) electrons. The van der Waals surface area contributed by atoms with Crippen LogP contribution in [0.1, 0.15) is 27.7 Å². The lowest BCUT2D eigenvalue weighted by Gasteiger charge is -2.10. The number of ether oxygens (including phenoxy) is 1. The lowest BCUT2D eigenvalue weighted by molar-refractivity contribution is -0.124. The van der Waals surface area contributed by atoms with Gasteiger partial charge in [-0.2, -0.15) is 0 Å². The van der Waals surface area contributed by atoms with Gasteiger partial charge in [-0.15, -0.1) is 0 Å². The van der Waals surface area contributed by atoms with E-state index < -0.39 is 0 Å². The first kappa shape index (κ1) is 20.8. The Morgan fingerprint density at radius 3 is 2.23 bits per heavy atom. The van der Waals surface area contributed by atoms with E-state index in [4.69, 9.17) is 4.74 Å². The van der Waals surface area contributed by atoms with E-state index in [-0.39, 0.29) is 24.3 Å². The van der Waals surface area contributed by atoms with Crippen molar-refractivity contribution >= 4 is 11.8 Å². The Labute approximate surface area is 133 Å². The van der Waals surface area contributed by atoms with E-state index in [1.165, 1.54) is 0 Å². The summed E-state index contributed by atoms with van der Waals surface area (Å²) >= 11 is 0. The number of hydrogen-bond acceptors (Lipinski definition) is 5. The highest BCUT2D eigenvalue weighted by Gasteiger charge is 2.04. The average Bonchev–Trinajstić information content (AvgIpc) is 2.45. The van der Waals surface area contributed by atoms with Crippen LogP contribution >= 0.6 is 0 Å². The molecule has 0 aliphatic carbocycles. The van der Waals surface area contributed by atoms with Gasteiger partial charge in [-0.1, -0.05) is 27.7 Å². The van der Waals surface area contributed by atoms with Crippen LogP contribution in [0.3, 0.4) is 0 Å². The summed E-state index contributed by atoms with van der Waals surface area (Å²) in [7, 11) is 0. The predicted molar refractivity (Wildman–Crippen MR) is 87.7 cm³/mol. The fraction of sp³-hybridized carbons (Fsp3) is 0.867. The van der Waals surface area contributed by atoms with Gasteiger partial charge in [0.15, 0.2) is 0 Å². The van der Waals surface area contributed by atoms with Crippen LogP contribution in [0.2, 0.25) is 0 Å². The third-order valence-corrected chi connectivity index (χ3v) is 2.78. The number of carbonyl (C=O) groups excluding carboxylic acids is 2. The molecule has 0 saturated heterocycles. The Morgan fingerprint density at radius 1 is 0.909 bits per heavy atom. The topological polar surface area (TPSA) is 91.5 Å². The number of hydrogen-bond donors (Lipinski definition) is 4. The van der Waals surface area contributed by atoms with E-state index in [2.05, 4.69) is 35.1 Å². The summed E-state index contributed by atoms with van der Waals surface area (Å²) < 4.78 is 5.35. The minimum absolute atomic E-state index is 0.00378. The van der Waals surface area contributed by atoms with E-state index in [0.717, 1.165) is 6.54 Å². The third kappa shape index (κ3) is 13.8. The molecule has 0 bridgehead atoms. The fourth-order valence-corrected chi connectivity index (χ4v) is 1.52. The molecule has 0 aliphatic heterocycles. The highest BCUT2D eigenvalue weighted by molar-refractivity contribution is 5.78. The van der Waals surface area contributed by atoms with Crippen LogP contribution in [-0.2, 0) is 14.3 Å². The molecule has 22 heavy (non-hydrogen) atoms. The summed E-state index contributed by atoms with van der Waals surface area (Å²) in [5, 5.41) is 11.8. The zero-order valence-electron chi connectivity index (χ0n) is 14.3. The first-order chi connectivity index (χ1) is 10.4. The fourth-order valence-electron chi connectivity index (χ4n) is 1.52. The lowest BCUT2D eigenvalue weighted by atomic mass is 10.2. The molecule has 0 fully saturated rings. The summed E-state index contributed by atoms with van der Waals surface area (Å²) in [6.45, 7) is 11.6. The second kappa shape index (κ2) is 13.5. The molecule has 7 heteroatoms. The largest absolute Gasteiger partial charge is 0.378 e. The van der Waals surface area contributed by atoms with Gasteiger partial charge in [-0.3, -0.25) is 9.59 Å². The van der Waals surface area contributed by atoms with Gasteiger partial charge >= 0.3 is 0 Å². The minimum atomic E-state index is -0.0187. The minimum Gasteiger partial charge on any atom is -0.378 e. The zero-order chi connectivity index (χ0) is 16.8. The molecule has 0 aromatic carbocycles. The highest BCUT2D eigenvalue weighted by Crippen LogP contribution is 1.89. The van der Waals surface area contributed by atoms with Gasteiger partial charge in [0.2, 0.25) is 11.8 Å². The first-order valence-corrected chi connectivity index (χ1v) is 7.99. The molecule has 0 unspecified atom stereocenters. The molecule has 2 amide bonds. The van der Waals surface area contributed by atoms with E-state index in [9.17, 15) is 9.59 Å². The Kier molecular flexibility index (Phi) is 12.8. The molecule has 0 spiro atoms. The van der Waals surface area contributed by atoms with E-state index in [1.54, 1.807) is 0 Å². The molecular weight excluding hydrogens is 284 g/mol. The molecule has 0 atom stereocenters. The number of rotatable bonds is 13. The second-order valence-corrected chi connectivity index (χ2v) is 5.69. The summed E-state index contributed by atoms with van der Waals surface area (Å²) in [6.07, 6.45) is 0. The maximum absolute atomic E-state index is 11.5. The Bertz CT molecular complexity index is 309. The molecule has 0 rings (SSSR count). The lowest BCUT2D eigenvalue weighted by Crippen LogP contribution is -2.39. The molecule has 0 heterocycles. The van der Waals surface area contributed by atoms with Crippen molar-refractivity contribution < 1.29 is 14.3 Å². The molecule has 130 valence electrons. The van der Waals surface area contributed by atoms with Gasteiger partial charge in [0.25, 0.3) is 0 Å². The van der Waals surface area contributed by atoms with Gasteiger partial charge in [0, 0.05) is 38.1 Å². The van der Waals surface area contributed by atoms with E-state index in [0.29, 0.717) is 38.9 Å². The second-order valence-electron chi connectivity index (χ2n) is 5.69. The first-order valence-electron chi connectivity index (χ1n) is 7.99. The van der Waals surface area contributed by atoms with Crippen LogP contribution in [0.4, 0.5) is 0 Å². The molecule has 7 nitrogen and oxygen atoms in total. The van der Waals surface area contributed by atoms with Gasteiger partial charge in [-0.25, -0.2) is 0 Å². The normalized spacial score (nSPS) is 11.0. The summed E-state index contributed by atoms with van der Waals surface area (Å²) in [6, 6.07) is 0.428. The Balaban J connectivity index is 3.28. The van der Waals surface area contributed by atoms with Crippen molar-refractivity contribution in [2.45, 2.75) is 33.7 Å². The number of carbonyl (C=O) groups is 2. The predicted octanol–water partition coefficient (Wildman–Crippen LogP) is -0.521. The Hall–Kier alpha value is -1.18. The SMILES string of the molecule is CC(C)NCCNC(=O)CNCCOCCNC(=O)C(C)C. The van der Waals surface area contributed by atoms with Gasteiger partial charge < -0.3 is 26.0 Å². The van der Waals surface area contributed by atoms with Crippen LogP contribution in [0, 0.1) is 5.92 Å². The summed E-state index contributed by atoms with van der Waals surface area (Å²) in [5.74, 6) is 0.0102. The van der Waals surface area contributed by atoms with Gasteiger partial charge in [-0.05, 0) is 0 Å². The van der Waals surface area contributed by atoms with Gasteiger partial charge in [0.1, 0.15) is 0 Å². The monoisotopic (exact) mass is 316 g/mol. The van der Waals surface area contributed by atoms with Crippen LogP contribution in [0.5, 0.6) is 0 Å². The summed E-state index contributed by atoms with van der Waals surface area (Å²) in [4.78, 5) is 22.7. The van der Waals surface area contributed by atoms with Crippen molar-refractivity contribution in [2.75, 3.05) is 45.9 Å². The number of nitrogens with one attached hydrogen (secondary N) is 4. The highest BCUT2D eigenvalue weighted by atomic mass is 16.5. The van der Waals surface area contributed by atoms with E-state index in [1.807, 2.05) is 13.8 Å². The van der Waals surface area contributed by atoms with E-state index >= 15 is 0 Å². The molecule has 0 aromatic heterocycles. The van der Waals surface area contributed by atoms with Crippen molar-refractivity contribution in [3.05, 3.63) is 0 Å². The molecule has 0 aromatic rings. The number of amides is 2. The maximum Gasteiger partial charge on any atom is 0.234 e. The maximum atomic E-state index is 11.5. The quantitative estimate of drug-likeness (QED) is 0.343. The molecule has 0 aliphatic rings. The van der Waals surface area contributed by atoms with Gasteiger partial charge in [0.05, 0.1) is 19.8 Å². The van der Waals surface area contributed by atoms with Crippen molar-refractivity contribution in [3.63, 3.8) is 0 Å². The van der Waals surface area contributed by atoms with Crippen molar-refractivity contribution in [1.29, 1.82) is 0 Å².